The summed E-state index contributed by atoms with van der Waals surface area (Å²) in [5.41, 5.74) is 1.66. The molecule has 2 heterocycles. The third-order valence-corrected chi connectivity index (χ3v) is 6.24. The van der Waals surface area contributed by atoms with Crippen molar-refractivity contribution in [2.24, 2.45) is 0 Å². The zero-order valence-corrected chi connectivity index (χ0v) is 16.6. The highest BCUT2D eigenvalue weighted by Gasteiger charge is 2.46. The third kappa shape index (κ3) is 3.23. The number of quaternary nitrogens is 1. The molecule has 0 unspecified atom stereocenters. The Hall–Kier alpha value is -3.25. The van der Waals surface area contributed by atoms with Gasteiger partial charge in [-0.05, 0) is 35.7 Å². The van der Waals surface area contributed by atoms with E-state index in [2.05, 4.69) is 4.90 Å². The smallest absolute Gasteiger partial charge is 0.292 e. The van der Waals surface area contributed by atoms with Crippen LogP contribution in [0, 0.1) is 5.82 Å². The van der Waals surface area contributed by atoms with Gasteiger partial charge in [-0.2, -0.15) is 0 Å². The Labute approximate surface area is 174 Å². The van der Waals surface area contributed by atoms with Crippen LogP contribution in [0.4, 0.5) is 15.8 Å². The number of imide groups is 1. The maximum Gasteiger partial charge on any atom is 0.292 e. The van der Waals surface area contributed by atoms with Gasteiger partial charge in [-0.1, -0.05) is 36.4 Å². The number of anilines is 2. The van der Waals surface area contributed by atoms with Crippen LogP contribution in [0.2, 0.25) is 0 Å². The highest BCUT2D eigenvalue weighted by Crippen LogP contribution is 2.30. The summed E-state index contributed by atoms with van der Waals surface area (Å²) in [5.74, 6) is -0.483. The quantitative estimate of drug-likeness (QED) is 0.680. The fourth-order valence-electron chi connectivity index (χ4n) is 4.66. The molecule has 3 aromatic rings. The van der Waals surface area contributed by atoms with Crippen LogP contribution in [0.15, 0.2) is 66.7 Å². The molecule has 5 rings (SSSR count). The van der Waals surface area contributed by atoms with E-state index in [1.165, 1.54) is 17.0 Å². The van der Waals surface area contributed by atoms with Crippen molar-refractivity contribution in [1.29, 1.82) is 0 Å². The SMILES string of the molecule is O=C1C[C@@H]([NH+]2CCN(c3ccc(F)cc3)CC2)C(=O)N1c1cccc2ccccc12. The summed E-state index contributed by atoms with van der Waals surface area (Å²) in [6.45, 7) is 3.08. The molecule has 0 saturated carbocycles. The highest BCUT2D eigenvalue weighted by atomic mass is 19.1. The number of carbonyl (C=O) groups is 2. The molecule has 0 radical (unpaired) electrons. The summed E-state index contributed by atoms with van der Waals surface area (Å²) in [5, 5.41) is 1.93. The van der Waals surface area contributed by atoms with Gasteiger partial charge in [0.1, 0.15) is 5.82 Å². The number of halogens is 1. The number of hydrogen-bond donors (Lipinski definition) is 1. The van der Waals surface area contributed by atoms with Gasteiger partial charge >= 0.3 is 0 Å². The number of fused-ring (bicyclic) bond motifs is 1. The van der Waals surface area contributed by atoms with Gasteiger partial charge in [-0.15, -0.1) is 0 Å². The number of hydrogen-bond acceptors (Lipinski definition) is 3. The summed E-state index contributed by atoms with van der Waals surface area (Å²) in [6.07, 6.45) is 0.244. The van der Waals surface area contributed by atoms with Gasteiger partial charge in [-0.25, -0.2) is 9.29 Å². The van der Waals surface area contributed by atoms with Crippen molar-refractivity contribution >= 4 is 34.0 Å². The lowest BCUT2D eigenvalue weighted by Gasteiger charge is -2.35. The van der Waals surface area contributed by atoms with E-state index in [1.807, 2.05) is 42.5 Å². The Morgan fingerprint density at radius 2 is 1.57 bits per heavy atom. The fraction of sp³-hybridized carbons (Fsp3) is 0.250. The van der Waals surface area contributed by atoms with Gasteiger partial charge in [-0.3, -0.25) is 9.59 Å². The van der Waals surface area contributed by atoms with E-state index in [1.54, 1.807) is 12.1 Å². The molecule has 3 aromatic carbocycles. The molecule has 0 aliphatic carbocycles. The van der Waals surface area contributed by atoms with Gasteiger partial charge in [0.25, 0.3) is 5.91 Å². The predicted molar refractivity (Wildman–Crippen MR) is 114 cm³/mol. The fourth-order valence-corrected chi connectivity index (χ4v) is 4.66. The zero-order chi connectivity index (χ0) is 20.7. The molecule has 0 aromatic heterocycles. The van der Waals surface area contributed by atoms with Gasteiger partial charge < -0.3 is 9.80 Å². The van der Waals surface area contributed by atoms with Crippen LogP contribution < -0.4 is 14.7 Å². The second-order valence-electron chi connectivity index (χ2n) is 7.94. The zero-order valence-electron chi connectivity index (χ0n) is 16.6. The van der Waals surface area contributed by atoms with E-state index in [0.29, 0.717) is 5.69 Å². The molecular formula is C24H23FN3O2+. The van der Waals surface area contributed by atoms with E-state index >= 15 is 0 Å². The van der Waals surface area contributed by atoms with Gasteiger partial charge in [0.2, 0.25) is 5.91 Å². The first-order valence-corrected chi connectivity index (χ1v) is 10.3. The minimum absolute atomic E-state index is 0.110. The van der Waals surface area contributed by atoms with Gasteiger partial charge in [0.15, 0.2) is 6.04 Å². The van der Waals surface area contributed by atoms with E-state index in [0.717, 1.165) is 47.5 Å². The monoisotopic (exact) mass is 404 g/mol. The number of amides is 2. The van der Waals surface area contributed by atoms with Crippen molar-refractivity contribution in [2.75, 3.05) is 36.0 Å². The van der Waals surface area contributed by atoms with Crippen molar-refractivity contribution in [3.05, 3.63) is 72.5 Å². The normalized spacial score (nSPS) is 20.4. The van der Waals surface area contributed by atoms with Crippen LogP contribution in [-0.4, -0.2) is 44.0 Å². The minimum Gasteiger partial charge on any atom is -0.360 e. The molecule has 2 aliphatic heterocycles. The number of rotatable bonds is 3. The summed E-state index contributed by atoms with van der Waals surface area (Å²) in [7, 11) is 0. The Morgan fingerprint density at radius 3 is 2.33 bits per heavy atom. The molecule has 2 aliphatic rings. The van der Waals surface area contributed by atoms with Crippen LogP contribution >= 0.6 is 0 Å². The molecule has 1 atom stereocenters. The lowest BCUT2D eigenvalue weighted by atomic mass is 10.1. The molecule has 5 nitrogen and oxygen atoms in total. The third-order valence-electron chi connectivity index (χ3n) is 6.24. The molecule has 1 N–H and O–H groups in total. The van der Waals surface area contributed by atoms with Crippen molar-refractivity contribution in [2.45, 2.75) is 12.5 Å². The lowest BCUT2D eigenvalue weighted by Crippen LogP contribution is -3.19. The molecule has 152 valence electrons. The molecular weight excluding hydrogens is 381 g/mol. The molecule has 30 heavy (non-hydrogen) atoms. The molecule has 2 saturated heterocycles. The summed E-state index contributed by atoms with van der Waals surface area (Å²) in [6, 6.07) is 19.7. The first-order chi connectivity index (χ1) is 14.6. The highest BCUT2D eigenvalue weighted by molar-refractivity contribution is 6.24. The average molecular weight is 404 g/mol. The van der Waals surface area contributed by atoms with Crippen molar-refractivity contribution in [1.82, 2.24) is 0 Å². The Bertz CT molecular complexity index is 1100. The Balaban J connectivity index is 1.33. The van der Waals surface area contributed by atoms with Crippen LogP contribution in [0.25, 0.3) is 10.8 Å². The molecule has 2 fully saturated rings. The van der Waals surface area contributed by atoms with E-state index in [4.69, 9.17) is 0 Å². The second kappa shape index (κ2) is 7.54. The average Bonchev–Trinajstić information content (AvgIpc) is 3.08. The van der Waals surface area contributed by atoms with Gasteiger partial charge in [0, 0.05) is 11.1 Å². The van der Waals surface area contributed by atoms with E-state index in [9.17, 15) is 14.0 Å². The van der Waals surface area contributed by atoms with Crippen LogP contribution in [0.1, 0.15) is 6.42 Å². The standard InChI is InChI=1S/C24H22FN3O2/c25-18-8-10-19(11-9-18)26-12-14-27(15-13-26)22-16-23(29)28(24(22)30)21-7-3-5-17-4-1-2-6-20(17)21/h1-11,22H,12-16H2/p+1/t22-/m1/s1. The van der Waals surface area contributed by atoms with Crippen LogP contribution in [-0.2, 0) is 9.59 Å². The maximum absolute atomic E-state index is 13.3. The molecule has 6 heteroatoms. The number of carbonyl (C=O) groups excluding carboxylic acids is 2. The van der Waals surface area contributed by atoms with Crippen molar-refractivity contribution in [3.8, 4) is 0 Å². The summed E-state index contributed by atoms with van der Waals surface area (Å²) in [4.78, 5) is 30.9. The number of benzene rings is 3. The topological polar surface area (TPSA) is 45.1 Å². The number of nitrogens with one attached hydrogen (secondary N) is 1. The predicted octanol–water partition coefficient (Wildman–Crippen LogP) is 2.02. The van der Waals surface area contributed by atoms with E-state index < -0.39 is 0 Å². The largest absolute Gasteiger partial charge is 0.360 e. The lowest BCUT2D eigenvalue weighted by molar-refractivity contribution is -0.915. The Morgan fingerprint density at radius 1 is 0.867 bits per heavy atom. The Kier molecular flexibility index (Phi) is 4.71. The minimum atomic E-state index is -0.341. The van der Waals surface area contributed by atoms with Crippen LogP contribution in [0.3, 0.4) is 0 Å². The number of nitrogens with zero attached hydrogens (tertiary/aromatic N) is 2. The van der Waals surface area contributed by atoms with Crippen molar-refractivity contribution in [3.63, 3.8) is 0 Å². The molecule has 2 amide bonds. The van der Waals surface area contributed by atoms with Gasteiger partial charge in [0.05, 0.1) is 38.3 Å². The van der Waals surface area contributed by atoms with E-state index in [-0.39, 0.29) is 30.1 Å². The molecule has 0 bridgehead atoms. The second-order valence-corrected chi connectivity index (χ2v) is 7.94. The molecule has 0 spiro atoms. The van der Waals surface area contributed by atoms with Crippen molar-refractivity contribution < 1.29 is 18.9 Å². The summed E-state index contributed by atoms with van der Waals surface area (Å²) >= 11 is 0. The van der Waals surface area contributed by atoms with Crippen LogP contribution in [0.5, 0.6) is 0 Å². The first-order valence-electron chi connectivity index (χ1n) is 10.3. The first kappa shape index (κ1) is 18.8. The number of piperazine rings is 1. The summed E-state index contributed by atoms with van der Waals surface area (Å²) < 4.78 is 13.2. The maximum atomic E-state index is 13.3.